The van der Waals surface area contributed by atoms with Gasteiger partial charge in [-0.25, -0.2) is 13.2 Å². The molecule has 4 rings (SSSR count). The van der Waals surface area contributed by atoms with Crippen molar-refractivity contribution in [1.82, 2.24) is 0 Å². The standard InChI is InChI=1S/C30H31F3O2/c1-3-5-20-6-8-21(9-7-20)26-16-17-27(30(33)29(26)32)22-10-13-24(14-11-22)35-19-23-12-15-25(34-4-2)18-28(23)31/h3,5-9,12,15-18,22,24H,4,10-11,13-14,19H2,1-2H3/b5-3+. The van der Waals surface area contributed by atoms with Crippen LogP contribution in [0.1, 0.15) is 62.1 Å². The molecule has 0 heterocycles. The highest BCUT2D eigenvalue weighted by Crippen LogP contribution is 2.38. The molecule has 3 aromatic rings. The molecule has 1 aliphatic carbocycles. The molecule has 0 saturated heterocycles. The van der Waals surface area contributed by atoms with Crippen LogP contribution in [-0.4, -0.2) is 12.7 Å². The summed E-state index contributed by atoms with van der Waals surface area (Å²) in [5, 5.41) is 0. The number of rotatable bonds is 8. The second kappa shape index (κ2) is 11.6. The summed E-state index contributed by atoms with van der Waals surface area (Å²) in [4.78, 5) is 0. The molecule has 0 unspecified atom stereocenters. The first-order valence-electron chi connectivity index (χ1n) is 12.2. The number of allylic oxidation sites excluding steroid dienone is 1. The van der Waals surface area contributed by atoms with Gasteiger partial charge < -0.3 is 9.47 Å². The van der Waals surface area contributed by atoms with Crippen LogP contribution >= 0.6 is 0 Å². The molecule has 0 amide bonds. The Hall–Kier alpha value is -3.05. The smallest absolute Gasteiger partial charge is 0.166 e. The SMILES string of the molecule is C/C=C/c1ccc(-c2ccc(C3CCC(OCc4ccc(OCC)cc4F)CC3)c(F)c2F)cc1. The second-order valence-corrected chi connectivity index (χ2v) is 8.92. The van der Waals surface area contributed by atoms with Crippen molar-refractivity contribution in [3.8, 4) is 16.9 Å². The van der Waals surface area contributed by atoms with Gasteiger partial charge in [0, 0.05) is 17.2 Å². The van der Waals surface area contributed by atoms with Crippen LogP contribution in [-0.2, 0) is 11.3 Å². The molecular weight excluding hydrogens is 449 g/mol. The van der Waals surface area contributed by atoms with Gasteiger partial charge in [-0.1, -0.05) is 54.6 Å². The summed E-state index contributed by atoms with van der Waals surface area (Å²) >= 11 is 0. The largest absolute Gasteiger partial charge is 0.494 e. The molecule has 0 N–H and O–H groups in total. The third kappa shape index (κ3) is 5.96. The predicted molar refractivity (Wildman–Crippen MR) is 134 cm³/mol. The zero-order chi connectivity index (χ0) is 24.8. The quantitative estimate of drug-likeness (QED) is 0.322. The lowest BCUT2D eigenvalue weighted by Crippen LogP contribution is -2.21. The monoisotopic (exact) mass is 480 g/mol. The minimum Gasteiger partial charge on any atom is -0.494 e. The van der Waals surface area contributed by atoms with E-state index in [0.717, 1.165) is 18.4 Å². The van der Waals surface area contributed by atoms with Gasteiger partial charge in [0.1, 0.15) is 11.6 Å². The van der Waals surface area contributed by atoms with Crippen LogP contribution in [0.15, 0.2) is 60.7 Å². The molecule has 0 spiro atoms. The van der Waals surface area contributed by atoms with E-state index >= 15 is 4.39 Å². The first-order chi connectivity index (χ1) is 17.0. The molecule has 35 heavy (non-hydrogen) atoms. The molecule has 0 radical (unpaired) electrons. The van der Waals surface area contributed by atoms with Crippen molar-refractivity contribution in [3.63, 3.8) is 0 Å². The minimum atomic E-state index is -0.800. The van der Waals surface area contributed by atoms with Crippen molar-refractivity contribution in [2.75, 3.05) is 6.61 Å². The maximum absolute atomic E-state index is 15.1. The molecule has 0 aliphatic heterocycles. The number of ether oxygens (including phenoxy) is 2. The Labute approximate surface area is 205 Å². The maximum Gasteiger partial charge on any atom is 0.166 e. The highest BCUT2D eigenvalue weighted by Gasteiger charge is 2.27. The van der Waals surface area contributed by atoms with E-state index in [1.807, 2.05) is 50.3 Å². The predicted octanol–water partition coefficient (Wildman–Crippen LogP) is 8.45. The number of hydrogen-bond donors (Lipinski definition) is 0. The summed E-state index contributed by atoms with van der Waals surface area (Å²) in [6.07, 6.45) is 6.70. The van der Waals surface area contributed by atoms with E-state index in [4.69, 9.17) is 9.47 Å². The van der Waals surface area contributed by atoms with Crippen molar-refractivity contribution >= 4 is 6.08 Å². The highest BCUT2D eigenvalue weighted by molar-refractivity contribution is 5.67. The Morgan fingerprint density at radius 3 is 2.29 bits per heavy atom. The van der Waals surface area contributed by atoms with Gasteiger partial charge in [-0.05, 0) is 68.2 Å². The van der Waals surface area contributed by atoms with Crippen LogP contribution in [0.25, 0.3) is 17.2 Å². The maximum atomic E-state index is 15.1. The number of halogens is 3. The van der Waals surface area contributed by atoms with Gasteiger partial charge in [0.15, 0.2) is 11.6 Å². The van der Waals surface area contributed by atoms with Gasteiger partial charge in [-0.2, -0.15) is 0 Å². The van der Waals surface area contributed by atoms with Crippen molar-refractivity contribution in [2.24, 2.45) is 0 Å². The normalized spacial score (nSPS) is 18.2. The lowest BCUT2D eigenvalue weighted by Gasteiger charge is -2.29. The molecule has 0 aromatic heterocycles. The Morgan fingerprint density at radius 1 is 0.886 bits per heavy atom. The summed E-state index contributed by atoms with van der Waals surface area (Å²) < 4.78 is 55.6. The molecule has 0 bridgehead atoms. The third-order valence-corrected chi connectivity index (χ3v) is 6.62. The van der Waals surface area contributed by atoms with E-state index in [2.05, 4.69) is 0 Å². The van der Waals surface area contributed by atoms with E-state index in [1.54, 1.807) is 24.3 Å². The second-order valence-electron chi connectivity index (χ2n) is 8.92. The van der Waals surface area contributed by atoms with Crippen molar-refractivity contribution in [2.45, 2.75) is 58.2 Å². The van der Waals surface area contributed by atoms with Gasteiger partial charge in [0.05, 0.1) is 19.3 Å². The van der Waals surface area contributed by atoms with Crippen LogP contribution < -0.4 is 4.74 Å². The fourth-order valence-corrected chi connectivity index (χ4v) is 4.72. The molecule has 1 fully saturated rings. The van der Waals surface area contributed by atoms with Crippen molar-refractivity contribution in [1.29, 1.82) is 0 Å². The molecule has 1 saturated carbocycles. The van der Waals surface area contributed by atoms with Crippen LogP contribution in [0.4, 0.5) is 13.2 Å². The van der Waals surface area contributed by atoms with Crippen LogP contribution in [0.2, 0.25) is 0 Å². The van der Waals surface area contributed by atoms with E-state index < -0.39 is 11.6 Å². The van der Waals surface area contributed by atoms with Gasteiger partial charge in [0.2, 0.25) is 0 Å². The lowest BCUT2D eigenvalue weighted by molar-refractivity contribution is 0.0118. The van der Waals surface area contributed by atoms with Crippen LogP contribution in [0.5, 0.6) is 5.75 Å². The minimum absolute atomic E-state index is 0.0277. The Bertz CT molecular complexity index is 1160. The molecule has 3 aromatic carbocycles. The fraction of sp³-hybridized carbons (Fsp3) is 0.333. The van der Waals surface area contributed by atoms with Gasteiger partial charge in [-0.15, -0.1) is 0 Å². The summed E-state index contributed by atoms with van der Waals surface area (Å²) in [7, 11) is 0. The first-order valence-corrected chi connectivity index (χ1v) is 12.2. The molecule has 184 valence electrons. The van der Waals surface area contributed by atoms with E-state index in [0.29, 0.717) is 41.9 Å². The molecule has 0 atom stereocenters. The van der Waals surface area contributed by atoms with E-state index in [-0.39, 0.29) is 30.0 Å². The zero-order valence-corrected chi connectivity index (χ0v) is 20.2. The Morgan fingerprint density at radius 2 is 1.63 bits per heavy atom. The zero-order valence-electron chi connectivity index (χ0n) is 20.2. The summed E-state index contributed by atoms with van der Waals surface area (Å²) in [6.45, 7) is 4.45. The van der Waals surface area contributed by atoms with Crippen molar-refractivity contribution < 1.29 is 22.6 Å². The van der Waals surface area contributed by atoms with Crippen LogP contribution in [0, 0.1) is 17.5 Å². The summed E-state index contributed by atoms with van der Waals surface area (Å²) in [6, 6.07) is 15.6. The number of benzene rings is 3. The number of hydrogen-bond acceptors (Lipinski definition) is 2. The molecule has 2 nitrogen and oxygen atoms in total. The topological polar surface area (TPSA) is 18.5 Å². The van der Waals surface area contributed by atoms with E-state index in [1.165, 1.54) is 6.07 Å². The average molecular weight is 481 g/mol. The van der Waals surface area contributed by atoms with Gasteiger partial charge in [-0.3, -0.25) is 0 Å². The Kier molecular flexibility index (Phi) is 8.29. The van der Waals surface area contributed by atoms with Crippen LogP contribution in [0.3, 0.4) is 0 Å². The van der Waals surface area contributed by atoms with E-state index in [9.17, 15) is 8.78 Å². The molecular formula is C30H31F3O2. The summed E-state index contributed by atoms with van der Waals surface area (Å²) in [5.74, 6) is -1.47. The van der Waals surface area contributed by atoms with Gasteiger partial charge >= 0.3 is 0 Å². The summed E-state index contributed by atoms with van der Waals surface area (Å²) in [5.41, 5.74) is 2.84. The molecule has 5 heteroatoms. The Balaban J connectivity index is 1.36. The lowest BCUT2D eigenvalue weighted by atomic mass is 9.82. The molecule has 1 aliphatic rings. The fourth-order valence-electron chi connectivity index (χ4n) is 4.72. The van der Waals surface area contributed by atoms with Crippen molar-refractivity contribution in [3.05, 3.63) is 94.8 Å². The van der Waals surface area contributed by atoms with Gasteiger partial charge in [0.25, 0.3) is 0 Å². The highest BCUT2D eigenvalue weighted by atomic mass is 19.2. The average Bonchev–Trinajstić information content (AvgIpc) is 2.87. The first kappa shape index (κ1) is 25.1. The third-order valence-electron chi connectivity index (χ3n) is 6.62.